The van der Waals surface area contributed by atoms with Crippen molar-refractivity contribution in [3.8, 4) is 5.75 Å². The summed E-state index contributed by atoms with van der Waals surface area (Å²) in [7, 11) is 0. The van der Waals surface area contributed by atoms with Gasteiger partial charge in [-0.3, -0.25) is 9.79 Å². The molecule has 2 aliphatic rings. The van der Waals surface area contributed by atoms with Crippen molar-refractivity contribution in [2.75, 3.05) is 26.2 Å². The minimum atomic E-state index is 0.226. The number of nitrogens with one attached hydrogen (secondary N) is 1. The predicted octanol–water partition coefficient (Wildman–Crippen LogP) is 5.49. The lowest BCUT2D eigenvalue weighted by Gasteiger charge is -2.14. The summed E-state index contributed by atoms with van der Waals surface area (Å²) in [4.78, 5) is 27.4. The Kier molecular flexibility index (Phi) is 7.76. The van der Waals surface area contributed by atoms with Crippen LogP contribution in [-0.2, 0) is 17.6 Å². The minimum Gasteiger partial charge on any atom is -0.494 e. The monoisotopic (exact) mass is 472 g/mol. The largest absolute Gasteiger partial charge is 0.494 e. The van der Waals surface area contributed by atoms with Gasteiger partial charge in [-0.15, -0.1) is 0 Å². The lowest BCUT2D eigenvalue weighted by molar-refractivity contribution is -0.129. The highest BCUT2D eigenvalue weighted by atomic mass is 16.5. The Morgan fingerprint density at radius 1 is 1.00 bits per heavy atom. The third kappa shape index (κ3) is 6.30. The quantitative estimate of drug-likeness (QED) is 0.441. The zero-order valence-electron chi connectivity index (χ0n) is 20.6. The molecule has 6 heteroatoms. The van der Waals surface area contributed by atoms with E-state index in [9.17, 15) is 4.79 Å². The molecule has 0 saturated carbocycles. The zero-order valence-corrected chi connectivity index (χ0v) is 20.6. The van der Waals surface area contributed by atoms with Gasteiger partial charge in [0.15, 0.2) is 0 Å². The molecule has 2 aliphatic heterocycles. The van der Waals surface area contributed by atoms with Crippen molar-refractivity contribution in [1.82, 2.24) is 14.9 Å². The van der Waals surface area contributed by atoms with Gasteiger partial charge >= 0.3 is 0 Å². The number of hydrogen-bond acceptors (Lipinski definition) is 4. The fourth-order valence-corrected chi connectivity index (χ4v) is 5.07. The molecule has 0 aliphatic carbocycles. The fourth-order valence-electron chi connectivity index (χ4n) is 5.07. The third-order valence-electron chi connectivity index (χ3n) is 7.03. The number of rotatable bonds is 8. The van der Waals surface area contributed by atoms with Gasteiger partial charge in [0.05, 0.1) is 24.1 Å². The number of carbonyl (C=O) groups excluding carboxylic acids is 1. The average Bonchev–Trinajstić information content (AvgIpc) is 3.52. The standard InChI is InChI=1S/C29H36N4O2/c34-29(33-16-5-6-17-33)20-22-13-14-26-27(19-22)32-28(31-26)12-8-18-35-24-10-7-9-23(21-24)25-11-3-1-2-4-15-30-25/h7,9-10,13-14,19,21H,1-6,8,11-12,15-18,20H2,(H,31,32). The van der Waals surface area contributed by atoms with Crippen molar-refractivity contribution in [3.05, 3.63) is 59.4 Å². The number of aryl methyl sites for hydroxylation is 1. The number of benzene rings is 2. The second-order valence-corrected chi connectivity index (χ2v) is 9.77. The van der Waals surface area contributed by atoms with E-state index in [-0.39, 0.29) is 5.91 Å². The molecule has 0 atom stereocenters. The summed E-state index contributed by atoms with van der Waals surface area (Å²) in [6.45, 7) is 3.38. The van der Waals surface area contributed by atoms with E-state index in [1.807, 2.05) is 23.1 Å². The van der Waals surface area contributed by atoms with E-state index in [1.54, 1.807) is 0 Å². The first kappa shape index (κ1) is 23.6. The Labute approximate surface area is 207 Å². The number of hydrogen-bond donors (Lipinski definition) is 1. The number of fused-ring (bicyclic) bond motifs is 1. The number of ether oxygens (including phenoxy) is 1. The maximum atomic E-state index is 12.5. The van der Waals surface area contributed by atoms with Gasteiger partial charge in [-0.2, -0.15) is 0 Å². The van der Waals surface area contributed by atoms with Crippen LogP contribution in [0, 0.1) is 0 Å². The normalized spacial score (nSPS) is 16.7. The molecule has 0 spiro atoms. The van der Waals surface area contributed by atoms with E-state index in [0.29, 0.717) is 13.0 Å². The van der Waals surface area contributed by atoms with Crippen LogP contribution in [0.3, 0.4) is 0 Å². The van der Waals surface area contributed by atoms with Crippen LogP contribution < -0.4 is 4.74 Å². The van der Waals surface area contributed by atoms with Crippen LogP contribution >= 0.6 is 0 Å². The zero-order chi connectivity index (χ0) is 23.9. The number of carbonyl (C=O) groups is 1. The minimum absolute atomic E-state index is 0.226. The van der Waals surface area contributed by atoms with Crippen molar-refractivity contribution in [2.45, 2.75) is 64.2 Å². The molecule has 1 amide bonds. The van der Waals surface area contributed by atoms with E-state index in [1.165, 1.54) is 37.0 Å². The average molecular weight is 473 g/mol. The number of H-pyrrole nitrogens is 1. The Morgan fingerprint density at radius 3 is 2.80 bits per heavy atom. The Bertz CT molecular complexity index is 1180. The number of likely N-dealkylation sites (tertiary alicyclic amines) is 1. The molecule has 1 aromatic heterocycles. The molecule has 1 saturated heterocycles. The molecule has 1 N–H and O–H groups in total. The molecule has 184 valence electrons. The molecule has 6 nitrogen and oxygen atoms in total. The molecule has 0 bridgehead atoms. The summed E-state index contributed by atoms with van der Waals surface area (Å²) in [5.74, 6) is 2.10. The van der Waals surface area contributed by atoms with Crippen molar-refractivity contribution >= 4 is 22.7 Å². The van der Waals surface area contributed by atoms with E-state index >= 15 is 0 Å². The number of aliphatic imine (C=N–C) groups is 1. The lowest BCUT2D eigenvalue weighted by atomic mass is 10.0. The van der Waals surface area contributed by atoms with Gasteiger partial charge in [0.2, 0.25) is 5.91 Å². The maximum Gasteiger partial charge on any atom is 0.226 e. The number of aromatic nitrogens is 2. The summed E-state index contributed by atoms with van der Waals surface area (Å²) < 4.78 is 6.06. The number of imidazole rings is 1. The highest BCUT2D eigenvalue weighted by molar-refractivity contribution is 6.00. The highest BCUT2D eigenvalue weighted by Crippen LogP contribution is 2.20. The molecule has 35 heavy (non-hydrogen) atoms. The van der Waals surface area contributed by atoms with Crippen LogP contribution in [0.5, 0.6) is 5.75 Å². The summed E-state index contributed by atoms with van der Waals surface area (Å²) in [6.07, 6.45) is 10.5. The van der Waals surface area contributed by atoms with E-state index in [4.69, 9.17) is 14.7 Å². The molecular weight excluding hydrogens is 436 g/mol. The van der Waals surface area contributed by atoms with Crippen LogP contribution in [0.25, 0.3) is 11.0 Å². The molecule has 1 fully saturated rings. The molecule has 3 heterocycles. The first-order chi connectivity index (χ1) is 17.2. The molecular formula is C29H36N4O2. The SMILES string of the molecule is O=C(Cc1ccc2nc(CCCOc3cccc(C4=NCCCCCC4)c3)[nH]c2c1)N1CCCC1. The van der Waals surface area contributed by atoms with E-state index in [2.05, 4.69) is 29.2 Å². The molecule has 0 unspecified atom stereocenters. The number of aromatic amines is 1. The smallest absolute Gasteiger partial charge is 0.226 e. The fraction of sp³-hybridized carbons (Fsp3) is 0.483. The summed E-state index contributed by atoms with van der Waals surface area (Å²) in [5, 5.41) is 0. The van der Waals surface area contributed by atoms with Gasteiger partial charge in [0, 0.05) is 31.8 Å². The van der Waals surface area contributed by atoms with Gasteiger partial charge in [-0.25, -0.2) is 4.98 Å². The van der Waals surface area contributed by atoms with Gasteiger partial charge in [-0.05, 0) is 73.9 Å². The molecule has 0 radical (unpaired) electrons. The first-order valence-corrected chi connectivity index (χ1v) is 13.3. The Morgan fingerprint density at radius 2 is 1.89 bits per heavy atom. The Hall–Kier alpha value is -3.15. The lowest BCUT2D eigenvalue weighted by Crippen LogP contribution is -2.29. The second-order valence-electron chi connectivity index (χ2n) is 9.77. The summed E-state index contributed by atoms with van der Waals surface area (Å²) in [6, 6.07) is 14.5. The van der Waals surface area contributed by atoms with Crippen LogP contribution in [-0.4, -0.2) is 52.7 Å². The number of nitrogens with zero attached hydrogens (tertiary/aromatic N) is 3. The third-order valence-corrected chi connectivity index (χ3v) is 7.03. The number of amides is 1. The van der Waals surface area contributed by atoms with Crippen LogP contribution in [0.2, 0.25) is 0 Å². The molecule has 3 aromatic rings. The topological polar surface area (TPSA) is 70.6 Å². The summed E-state index contributed by atoms with van der Waals surface area (Å²) >= 11 is 0. The van der Waals surface area contributed by atoms with E-state index in [0.717, 1.165) is 79.9 Å². The molecule has 2 aromatic carbocycles. The van der Waals surface area contributed by atoms with Crippen LogP contribution in [0.15, 0.2) is 47.5 Å². The highest BCUT2D eigenvalue weighted by Gasteiger charge is 2.18. The van der Waals surface area contributed by atoms with Gasteiger partial charge in [-0.1, -0.05) is 31.0 Å². The van der Waals surface area contributed by atoms with Gasteiger partial charge in [0.25, 0.3) is 0 Å². The maximum absolute atomic E-state index is 12.5. The Balaban J connectivity index is 1.13. The molecule has 5 rings (SSSR count). The second kappa shape index (κ2) is 11.5. The first-order valence-electron chi connectivity index (χ1n) is 13.3. The van der Waals surface area contributed by atoms with Crippen molar-refractivity contribution in [2.24, 2.45) is 4.99 Å². The summed E-state index contributed by atoms with van der Waals surface area (Å²) in [5.41, 5.74) is 5.41. The van der Waals surface area contributed by atoms with Crippen molar-refractivity contribution < 1.29 is 9.53 Å². The van der Waals surface area contributed by atoms with Crippen molar-refractivity contribution in [3.63, 3.8) is 0 Å². The predicted molar refractivity (Wildman–Crippen MR) is 140 cm³/mol. The van der Waals surface area contributed by atoms with E-state index < -0.39 is 0 Å². The van der Waals surface area contributed by atoms with Crippen LogP contribution in [0.4, 0.5) is 0 Å². The van der Waals surface area contributed by atoms with Gasteiger partial charge < -0.3 is 14.6 Å². The van der Waals surface area contributed by atoms with Gasteiger partial charge in [0.1, 0.15) is 11.6 Å². The van der Waals surface area contributed by atoms with Crippen LogP contribution in [0.1, 0.15) is 68.3 Å². The van der Waals surface area contributed by atoms with Crippen molar-refractivity contribution in [1.29, 1.82) is 0 Å².